The van der Waals surface area contributed by atoms with Crippen molar-refractivity contribution in [1.82, 2.24) is 10.1 Å². The van der Waals surface area contributed by atoms with Crippen LogP contribution in [-0.4, -0.2) is 22.7 Å². The first-order valence-electron chi connectivity index (χ1n) is 6.03. The lowest BCUT2D eigenvalue weighted by molar-refractivity contribution is -0.142. The van der Waals surface area contributed by atoms with Crippen molar-refractivity contribution in [2.24, 2.45) is 0 Å². The molecule has 0 fully saturated rings. The van der Waals surface area contributed by atoms with Crippen LogP contribution in [0.3, 0.4) is 0 Å². The van der Waals surface area contributed by atoms with Crippen LogP contribution in [0.5, 0.6) is 0 Å². The Hall–Kier alpha value is -1.34. The number of carbonyl (C=O) groups excluding carboxylic acids is 1. The number of benzene rings is 1. The number of hydrogen-bond acceptors (Lipinski definition) is 6. The number of aromatic nitrogens is 2. The van der Waals surface area contributed by atoms with Gasteiger partial charge in [-0.1, -0.05) is 17.3 Å². The molecule has 0 aliphatic rings. The molecule has 0 radical (unpaired) electrons. The average molecular weight is 357 g/mol. The number of ether oxygens (including phenoxy) is 1. The second kappa shape index (κ2) is 7.44. The first-order valence-corrected chi connectivity index (χ1v) is 7.81. The topological polar surface area (TPSA) is 65.2 Å². The molecule has 5 nitrogen and oxygen atoms in total. The van der Waals surface area contributed by atoms with Gasteiger partial charge < -0.3 is 9.26 Å². The van der Waals surface area contributed by atoms with Gasteiger partial charge in [-0.2, -0.15) is 4.98 Å². The zero-order chi connectivity index (χ0) is 14.4. The van der Waals surface area contributed by atoms with E-state index in [4.69, 9.17) is 9.26 Å². The molecule has 106 valence electrons. The van der Waals surface area contributed by atoms with Crippen LogP contribution >= 0.6 is 27.7 Å². The molecule has 0 spiro atoms. The molecule has 0 N–H and O–H groups in total. The van der Waals surface area contributed by atoms with Crippen molar-refractivity contribution in [3.8, 4) is 0 Å². The van der Waals surface area contributed by atoms with Crippen molar-refractivity contribution in [1.29, 1.82) is 0 Å². The summed E-state index contributed by atoms with van der Waals surface area (Å²) in [6.07, 6.45) is 0.0144. The van der Waals surface area contributed by atoms with Crippen LogP contribution in [0, 0.1) is 0 Å². The van der Waals surface area contributed by atoms with Gasteiger partial charge in [-0.15, -0.1) is 11.8 Å². The van der Waals surface area contributed by atoms with Gasteiger partial charge in [0.25, 0.3) is 0 Å². The van der Waals surface area contributed by atoms with Crippen LogP contribution < -0.4 is 0 Å². The second-order valence-corrected chi connectivity index (χ2v) is 5.68. The number of rotatable bonds is 6. The third kappa shape index (κ3) is 4.35. The largest absolute Gasteiger partial charge is 0.466 e. The van der Waals surface area contributed by atoms with Gasteiger partial charge >= 0.3 is 5.97 Å². The number of esters is 1. The first kappa shape index (κ1) is 15.1. The maximum absolute atomic E-state index is 11.3. The Balaban J connectivity index is 1.90. The maximum Gasteiger partial charge on any atom is 0.315 e. The number of halogens is 1. The van der Waals surface area contributed by atoms with E-state index in [-0.39, 0.29) is 18.3 Å². The summed E-state index contributed by atoms with van der Waals surface area (Å²) < 4.78 is 10.9. The standard InChI is InChI=1S/C13H13BrN2O3S/c1-2-18-13(17)7-12-15-11(16-19-12)8-20-10-6-4-3-5-9(10)14/h3-6H,2,7-8H2,1H3. The fourth-order valence-corrected chi connectivity index (χ4v) is 2.87. The predicted molar refractivity (Wildman–Crippen MR) is 78.3 cm³/mol. The Morgan fingerprint density at radius 3 is 3.00 bits per heavy atom. The third-order valence-electron chi connectivity index (χ3n) is 2.30. The summed E-state index contributed by atoms with van der Waals surface area (Å²) >= 11 is 5.07. The van der Waals surface area contributed by atoms with Gasteiger partial charge in [0.1, 0.15) is 6.42 Å². The highest BCUT2D eigenvalue weighted by molar-refractivity contribution is 9.10. The highest BCUT2D eigenvalue weighted by Crippen LogP contribution is 2.28. The maximum atomic E-state index is 11.3. The van der Waals surface area contributed by atoms with Gasteiger partial charge in [0.2, 0.25) is 5.89 Å². The molecule has 2 rings (SSSR count). The fourth-order valence-electron chi connectivity index (χ4n) is 1.46. The third-order valence-corrected chi connectivity index (χ3v) is 4.33. The van der Waals surface area contributed by atoms with Crippen LogP contribution in [0.4, 0.5) is 0 Å². The van der Waals surface area contributed by atoms with Crippen molar-refractivity contribution in [3.05, 3.63) is 40.5 Å². The lowest BCUT2D eigenvalue weighted by atomic mass is 10.4. The normalized spacial score (nSPS) is 10.5. The van der Waals surface area contributed by atoms with E-state index >= 15 is 0 Å². The van der Waals surface area contributed by atoms with Crippen molar-refractivity contribution < 1.29 is 14.1 Å². The minimum atomic E-state index is -0.360. The van der Waals surface area contributed by atoms with Crippen LogP contribution in [0.25, 0.3) is 0 Å². The van der Waals surface area contributed by atoms with E-state index in [1.165, 1.54) is 0 Å². The summed E-state index contributed by atoms with van der Waals surface area (Å²) in [5, 5.41) is 3.84. The Morgan fingerprint density at radius 1 is 1.45 bits per heavy atom. The van der Waals surface area contributed by atoms with E-state index in [9.17, 15) is 4.79 Å². The molecule has 0 unspecified atom stereocenters. The molecule has 0 bridgehead atoms. The summed E-state index contributed by atoms with van der Waals surface area (Å²) in [5.74, 6) is 1.06. The molecule has 1 heterocycles. The average Bonchev–Trinajstić information content (AvgIpc) is 2.85. The van der Waals surface area contributed by atoms with E-state index in [0.717, 1.165) is 9.37 Å². The highest BCUT2D eigenvalue weighted by atomic mass is 79.9. The molecular weight excluding hydrogens is 344 g/mol. The van der Waals surface area contributed by atoms with Crippen LogP contribution in [0.15, 0.2) is 38.2 Å². The van der Waals surface area contributed by atoms with E-state index in [1.807, 2.05) is 24.3 Å². The van der Waals surface area contributed by atoms with E-state index < -0.39 is 0 Å². The second-order valence-electron chi connectivity index (χ2n) is 3.81. The van der Waals surface area contributed by atoms with Crippen molar-refractivity contribution in [2.45, 2.75) is 24.0 Å². The molecule has 0 atom stereocenters. The van der Waals surface area contributed by atoms with Gasteiger partial charge in [-0.25, -0.2) is 0 Å². The molecule has 1 aromatic heterocycles. The van der Waals surface area contributed by atoms with Crippen molar-refractivity contribution in [3.63, 3.8) is 0 Å². The lowest BCUT2D eigenvalue weighted by Gasteiger charge is -2.00. The van der Waals surface area contributed by atoms with Crippen molar-refractivity contribution >= 4 is 33.7 Å². The molecule has 1 aromatic carbocycles. The van der Waals surface area contributed by atoms with E-state index in [2.05, 4.69) is 26.1 Å². The summed E-state index contributed by atoms with van der Waals surface area (Å²) in [5.41, 5.74) is 0. The molecular formula is C13H13BrN2O3S. The molecule has 0 aliphatic heterocycles. The quantitative estimate of drug-likeness (QED) is 0.584. The minimum Gasteiger partial charge on any atom is -0.466 e. The molecule has 0 saturated heterocycles. The Bertz CT molecular complexity index is 589. The molecule has 2 aromatic rings. The molecule has 0 amide bonds. The Labute approximate surface area is 129 Å². The fraction of sp³-hybridized carbons (Fsp3) is 0.308. The predicted octanol–water partition coefficient (Wildman–Crippen LogP) is 3.23. The molecule has 0 saturated carbocycles. The summed E-state index contributed by atoms with van der Waals surface area (Å²) in [4.78, 5) is 16.5. The number of carbonyl (C=O) groups is 1. The van der Waals surface area contributed by atoms with Gasteiger partial charge in [0.05, 0.1) is 12.4 Å². The smallest absolute Gasteiger partial charge is 0.315 e. The Morgan fingerprint density at radius 2 is 2.25 bits per heavy atom. The number of hydrogen-bond donors (Lipinski definition) is 0. The number of thioether (sulfide) groups is 1. The van der Waals surface area contributed by atoms with Gasteiger partial charge in [-0.05, 0) is 35.0 Å². The van der Waals surface area contributed by atoms with E-state index in [1.54, 1.807) is 18.7 Å². The molecule has 7 heteroatoms. The monoisotopic (exact) mass is 356 g/mol. The minimum absolute atomic E-state index is 0.0144. The number of nitrogens with zero attached hydrogens (tertiary/aromatic N) is 2. The van der Waals surface area contributed by atoms with Crippen LogP contribution in [0.1, 0.15) is 18.6 Å². The van der Waals surface area contributed by atoms with Gasteiger partial charge in [0.15, 0.2) is 5.82 Å². The summed E-state index contributed by atoms with van der Waals surface area (Å²) in [6.45, 7) is 2.10. The zero-order valence-corrected chi connectivity index (χ0v) is 13.2. The molecule has 20 heavy (non-hydrogen) atoms. The highest BCUT2D eigenvalue weighted by Gasteiger charge is 2.12. The van der Waals surface area contributed by atoms with Crippen molar-refractivity contribution in [2.75, 3.05) is 6.61 Å². The SMILES string of the molecule is CCOC(=O)Cc1nc(CSc2ccccc2Br)no1. The van der Waals surface area contributed by atoms with Gasteiger partial charge in [0, 0.05) is 9.37 Å². The summed E-state index contributed by atoms with van der Waals surface area (Å²) in [6, 6.07) is 7.91. The van der Waals surface area contributed by atoms with E-state index in [0.29, 0.717) is 18.2 Å². The lowest BCUT2D eigenvalue weighted by Crippen LogP contribution is -2.07. The first-order chi connectivity index (χ1) is 9.69. The Kier molecular flexibility index (Phi) is 5.60. The molecule has 0 aliphatic carbocycles. The van der Waals surface area contributed by atoms with Crippen LogP contribution in [-0.2, 0) is 21.7 Å². The zero-order valence-electron chi connectivity index (χ0n) is 10.8. The van der Waals surface area contributed by atoms with Crippen LogP contribution in [0.2, 0.25) is 0 Å². The summed E-state index contributed by atoms with van der Waals surface area (Å²) in [7, 11) is 0. The van der Waals surface area contributed by atoms with Gasteiger partial charge in [-0.3, -0.25) is 4.79 Å².